The van der Waals surface area contributed by atoms with Gasteiger partial charge in [-0.3, -0.25) is 9.88 Å². The number of piperazine rings is 1. The molecule has 24 heavy (non-hydrogen) atoms. The van der Waals surface area contributed by atoms with E-state index in [1.54, 1.807) is 6.20 Å². The van der Waals surface area contributed by atoms with Crippen molar-refractivity contribution in [3.63, 3.8) is 0 Å². The highest BCUT2D eigenvalue weighted by Gasteiger charge is 2.28. The van der Waals surface area contributed by atoms with Gasteiger partial charge >= 0.3 is 6.03 Å². The fourth-order valence-corrected chi connectivity index (χ4v) is 4.73. The van der Waals surface area contributed by atoms with Crippen LogP contribution in [-0.2, 0) is 6.54 Å². The quantitative estimate of drug-likeness (QED) is 0.888. The van der Waals surface area contributed by atoms with E-state index in [0.29, 0.717) is 6.04 Å². The molecule has 1 aliphatic heterocycles. The monoisotopic (exact) mass is 348 g/mol. The number of thioether (sulfide) groups is 1. The maximum Gasteiger partial charge on any atom is 0.317 e. The zero-order valence-electron chi connectivity index (χ0n) is 14.5. The van der Waals surface area contributed by atoms with Gasteiger partial charge in [0.05, 0.1) is 0 Å². The van der Waals surface area contributed by atoms with E-state index < -0.39 is 0 Å². The summed E-state index contributed by atoms with van der Waals surface area (Å²) in [7, 11) is 0. The Bertz CT molecular complexity index is 519. The highest BCUT2D eigenvalue weighted by atomic mass is 32.2. The van der Waals surface area contributed by atoms with E-state index in [2.05, 4.69) is 28.2 Å². The lowest BCUT2D eigenvalue weighted by atomic mass is 10.2. The Hall–Kier alpha value is -1.27. The van der Waals surface area contributed by atoms with Gasteiger partial charge in [0, 0.05) is 56.4 Å². The van der Waals surface area contributed by atoms with Crippen molar-refractivity contribution < 1.29 is 4.79 Å². The highest BCUT2D eigenvalue weighted by molar-refractivity contribution is 7.99. The third kappa shape index (κ3) is 4.86. The molecule has 0 unspecified atom stereocenters. The molecule has 2 heterocycles. The van der Waals surface area contributed by atoms with Gasteiger partial charge in [0.25, 0.3) is 0 Å². The fraction of sp³-hybridized carbons (Fsp3) is 0.667. The summed E-state index contributed by atoms with van der Waals surface area (Å²) in [5.74, 6) is 1.17. The molecule has 6 heteroatoms. The normalized spacial score (nSPS) is 25.0. The Morgan fingerprint density at radius 2 is 2.17 bits per heavy atom. The Balaban J connectivity index is 1.39. The molecule has 2 fully saturated rings. The third-order valence-corrected chi connectivity index (χ3v) is 6.14. The van der Waals surface area contributed by atoms with Crippen LogP contribution in [0.4, 0.5) is 4.79 Å². The van der Waals surface area contributed by atoms with Gasteiger partial charge in [-0.25, -0.2) is 4.79 Å². The molecule has 2 atom stereocenters. The molecule has 3 rings (SSSR count). The van der Waals surface area contributed by atoms with Crippen LogP contribution in [0.2, 0.25) is 0 Å². The Morgan fingerprint density at radius 1 is 1.33 bits per heavy atom. The number of carbonyl (C=O) groups excluding carboxylic acids is 1. The fourth-order valence-electron chi connectivity index (χ4n) is 3.58. The zero-order valence-corrected chi connectivity index (χ0v) is 15.3. The number of hydrogen-bond acceptors (Lipinski definition) is 4. The maximum atomic E-state index is 12.5. The van der Waals surface area contributed by atoms with E-state index in [4.69, 9.17) is 0 Å². The van der Waals surface area contributed by atoms with Crippen molar-refractivity contribution in [2.24, 2.45) is 0 Å². The first-order chi connectivity index (χ1) is 11.7. The van der Waals surface area contributed by atoms with Gasteiger partial charge in [0.15, 0.2) is 0 Å². The molecule has 1 N–H and O–H groups in total. The van der Waals surface area contributed by atoms with Crippen LogP contribution < -0.4 is 5.32 Å². The van der Waals surface area contributed by atoms with E-state index in [1.165, 1.54) is 17.7 Å². The molecule has 0 bridgehead atoms. The second kappa shape index (κ2) is 8.72. The molecule has 1 saturated heterocycles. The topological polar surface area (TPSA) is 48.5 Å². The summed E-state index contributed by atoms with van der Waals surface area (Å²) in [5, 5.41) is 3.98. The van der Waals surface area contributed by atoms with Crippen LogP contribution >= 0.6 is 11.8 Å². The van der Waals surface area contributed by atoms with Crippen LogP contribution in [0, 0.1) is 0 Å². The highest BCUT2D eigenvalue weighted by Crippen LogP contribution is 2.29. The molecule has 5 nitrogen and oxygen atoms in total. The minimum Gasteiger partial charge on any atom is -0.335 e. The summed E-state index contributed by atoms with van der Waals surface area (Å²) in [4.78, 5) is 21.0. The molecule has 2 amide bonds. The van der Waals surface area contributed by atoms with Gasteiger partial charge in [-0.15, -0.1) is 0 Å². The average molecular weight is 349 g/mol. The molecule has 0 aromatic carbocycles. The summed E-state index contributed by atoms with van der Waals surface area (Å²) in [6, 6.07) is 4.58. The van der Waals surface area contributed by atoms with Crippen LogP contribution in [0.5, 0.6) is 0 Å². The van der Waals surface area contributed by atoms with Gasteiger partial charge in [-0.2, -0.15) is 11.8 Å². The van der Waals surface area contributed by atoms with Crippen molar-refractivity contribution in [3.8, 4) is 0 Å². The van der Waals surface area contributed by atoms with Crippen molar-refractivity contribution in [1.82, 2.24) is 20.1 Å². The van der Waals surface area contributed by atoms with E-state index >= 15 is 0 Å². The lowest BCUT2D eigenvalue weighted by Crippen LogP contribution is -2.52. The van der Waals surface area contributed by atoms with Crippen LogP contribution in [-0.4, -0.2) is 64.0 Å². The molecule has 0 radical (unpaired) electrons. The molecule has 2 aliphatic rings. The largest absolute Gasteiger partial charge is 0.335 e. The van der Waals surface area contributed by atoms with Gasteiger partial charge < -0.3 is 10.2 Å². The van der Waals surface area contributed by atoms with Crippen molar-refractivity contribution in [3.05, 3.63) is 30.1 Å². The number of hydrogen-bond donors (Lipinski definition) is 1. The zero-order chi connectivity index (χ0) is 16.8. The van der Waals surface area contributed by atoms with Crippen molar-refractivity contribution in [2.75, 3.05) is 31.9 Å². The Kier molecular flexibility index (Phi) is 6.37. The molecular formula is C18H28N4OS. The van der Waals surface area contributed by atoms with Gasteiger partial charge in [0.1, 0.15) is 0 Å². The molecule has 1 aromatic rings. The van der Waals surface area contributed by atoms with Crippen LogP contribution in [0.25, 0.3) is 0 Å². The number of rotatable bonds is 5. The number of aromatic nitrogens is 1. The SMILES string of the molecule is CCS[C@H]1CC[C@@H](NC(=O)N2CCN(Cc3cccnc3)CC2)C1. The van der Waals surface area contributed by atoms with Gasteiger partial charge in [-0.1, -0.05) is 13.0 Å². The number of nitrogens with one attached hydrogen (secondary N) is 1. The molecule has 1 aromatic heterocycles. The molecular weight excluding hydrogens is 320 g/mol. The summed E-state index contributed by atoms with van der Waals surface area (Å²) in [6.07, 6.45) is 7.22. The summed E-state index contributed by atoms with van der Waals surface area (Å²) in [5.41, 5.74) is 1.24. The average Bonchev–Trinajstić information content (AvgIpc) is 3.04. The van der Waals surface area contributed by atoms with Gasteiger partial charge in [0.2, 0.25) is 0 Å². The lowest BCUT2D eigenvalue weighted by Gasteiger charge is -2.35. The van der Waals surface area contributed by atoms with Gasteiger partial charge in [-0.05, 0) is 36.6 Å². The molecule has 1 saturated carbocycles. The summed E-state index contributed by atoms with van der Waals surface area (Å²) < 4.78 is 0. The molecule has 1 aliphatic carbocycles. The first-order valence-corrected chi connectivity index (χ1v) is 10.1. The predicted octanol–water partition coefficient (Wildman–Crippen LogP) is 2.58. The van der Waals surface area contributed by atoms with Crippen LogP contribution in [0.1, 0.15) is 31.7 Å². The predicted molar refractivity (Wildman–Crippen MR) is 99.2 cm³/mol. The minimum absolute atomic E-state index is 0.128. The Morgan fingerprint density at radius 3 is 2.88 bits per heavy atom. The Labute approximate surface area is 149 Å². The second-order valence-electron chi connectivity index (χ2n) is 6.66. The smallest absolute Gasteiger partial charge is 0.317 e. The van der Waals surface area contributed by atoms with Crippen molar-refractivity contribution >= 4 is 17.8 Å². The first kappa shape index (κ1) is 17.5. The second-order valence-corrected chi connectivity index (χ2v) is 8.24. The number of amides is 2. The number of urea groups is 1. The number of nitrogens with zero attached hydrogens (tertiary/aromatic N) is 3. The standard InChI is InChI=1S/C18H28N4OS/c1-2-24-17-6-5-16(12-17)20-18(23)22-10-8-21(9-11-22)14-15-4-3-7-19-13-15/h3-4,7,13,16-17H,2,5-6,8-12,14H2,1H3,(H,20,23)/t16-,17+/m1/s1. The molecule has 132 valence electrons. The summed E-state index contributed by atoms with van der Waals surface area (Å²) in [6.45, 7) is 6.61. The lowest BCUT2D eigenvalue weighted by molar-refractivity contribution is 0.133. The number of pyridine rings is 1. The van der Waals surface area contributed by atoms with E-state index in [9.17, 15) is 4.79 Å². The summed E-state index contributed by atoms with van der Waals surface area (Å²) >= 11 is 2.03. The van der Waals surface area contributed by atoms with E-state index in [-0.39, 0.29) is 6.03 Å². The van der Waals surface area contributed by atoms with E-state index in [1.807, 2.05) is 28.9 Å². The van der Waals surface area contributed by atoms with Crippen molar-refractivity contribution in [2.45, 2.75) is 44.0 Å². The first-order valence-electron chi connectivity index (χ1n) is 9.03. The van der Waals surface area contributed by atoms with E-state index in [0.717, 1.165) is 50.8 Å². The number of carbonyl (C=O) groups is 1. The van der Waals surface area contributed by atoms with Crippen molar-refractivity contribution in [1.29, 1.82) is 0 Å². The minimum atomic E-state index is 0.128. The molecule has 0 spiro atoms. The third-order valence-electron chi connectivity index (χ3n) is 4.90. The van der Waals surface area contributed by atoms with Crippen LogP contribution in [0.3, 0.4) is 0 Å². The van der Waals surface area contributed by atoms with Crippen LogP contribution in [0.15, 0.2) is 24.5 Å². The maximum absolute atomic E-state index is 12.5.